The van der Waals surface area contributed by atoms with Crippen LogP contribution in [0.4, 0.5) is 0 Å². The van der Waals surface area contributed by atoms with Crippen LogP contribution in [0.5, 0.6) is 0 Å². The van der Waals surface area contributed by atoms with Crippen molar-refractivity contribution in [1.82, 2.24) is 29.7 Å². The maximum Gasteiger partial charge on any atom is 0.182 e. The first-order valence-corrected chi connectivity index (χ1v) is 12.5. The van der Waals surface area contributed by atoms with E-state index in [0.717, 1.165) is 0 Å². The summed E-state index contributed by atoms with van der Waals surface area (Å²) in [6, 6.07) is 5.41. The molecule has 0 bridgehead atoms. The lowest BCUT2D eigenvalue weighted by Gasteiger charge is -2.25. The molecule has 0 N–H and O–H groups in total. The van der Waals surface area contributed by atoms with Gasteiger partial charge in [-0.15, -0.1) is 10.2 Å². The molecule has 0 spiro atoms. The minimum atomic E-state index is -3.76. The maximum atomic E-state index is 13.4. The van der Waals surface area contributed by atoms with E-state index in [4.69, 9.17) is 21.1 Å². The van der Waals surface area contributed by atoms with E-state index in [1.807, 2.05) is 19.9 Å². The van der Waals surface area contributed by atoms with Crippen molar-refractivity contribution in [2.24, 2.45) is 0 Å². The van der Waals surface area contributed by atoms with Gasteiger partial charge in [-0.3, -0.25) is 4.98 Å². The van der Waals surface area contributed by atoms with Crippen molar-refractivity contribution < 1.29 is 17.9 Å². The van der Waals surface area contributed by atoms with Crippen LogP contribution < -0.4 is 0 Å². The number of ether oxygens (including phenoxy) is 2. The number of halogens is 1. The van der Waals surface area contributed by atoms with Gasteiger partial charge < -0.3 is 14.0 Å². The summed E-state index contributed by atoms with van der Waals surface area (Å²) >= 11 is 5.89. The Labute approximate surface area is 198 Å². The third-order valence-electron chi connectivity index (χ3n) is 4.88. The quantitative estimate of drug-likeness (QED) is 0.395. The van der Waals surface area contributed by atoms with Crippen LogP contribution in [0.25, 0.3) is 11.5 Å². The molecule has 0 saturated heterocycles. The fourth-order valence-electron chi connectivity index (χ4n) is 3.19. The second-order valence-corrected chi connectivity index (χ2v) is 10.5. The zero-order valence-corrected chi connectivity index (χ0v) is 20.5. The Kier molecular flexibility index (Phi) is 8.46. The third-order valence-corrected chi connectivity index (χ3v) is 7.11. The van der Waals surface area contributed by atoms with E-state index in [2.05, 4.69) is 25.1 Å². The number of methoxy groups -OCH3 is 1. The van der Waals surface area contributed by atoms with Gasteiger partial charge in [0.05, 0.1) is 23.0 Å². The number of aromatic nitrogens is 6. The summed E-state index contributed by atoms with van der Waals surface area (Å²) in [7, 11) is -2.18. The molecule has 33 heavy (non-hydrogen) atoms. The molecule has 0 aliphatic heterocycles. The molecule has 10 nitrogen and oxygen atoms in total. The predicted molar refractivity (Wildman–Crippen MR) is 123 cm³/mol. The van der Waals surface area contributed by atoms with Gasteiger partial charge in [0.25, 0.3) is 0 Å². The van der Waals surface area contributed by atoms with E-state index >= 15 is 0 Å². The molecule has 0 aromatic carbocycles. The minimum absolute atomic E-state index is 0.243. The fourth-order valence-corrected chi connectivity index (χ4v) is 4.68. The summed E-state index contributed by atoms with van der Waals surface area (Å²) in [5.41, 5.74) is 0.591. The highest BCUT2D eigenvalue weighted by atomic mass is 35.5. The van der Waals surface area contributed by atoms with E-state index in [9.17, 15) is 8.42 Å². The molecule has 3 aromatic heterocycles. The van der Waals surface area contributed by atoms with Crippen molar-refractivity contribution in [2.75, 3.05) is 13.7 Å². The van der Waals surface area contributed by atoms with Crippen molar-refractivity contribution in [3.05, 3.63) is 53.5 Å². The van der Waals surface area contributed by atoms with Gasteiger partial charge in [-0.1, -0.05) is 17.7 Å². The monoisotopic (exact) mass is 494 g/mol. The van der Waals surface area contributed by atoms with Crippen molar-refractivity contribution >= 4 is 21.4 Å². The number of hydrogen-bond donors (Lipinski definition) is 0. The number of hydrogen-bond acceptors (Lipinski definition) is 9. The Morgan fingerprint density at radius 1 is 1.09 bits per heavy atom. The molecule has 0 unspecified atom stereocenters. The fraction of sp³-hybridized carbons (Fsp3) is 0.476. The molecule has 0 radical (unpaired) electrons. The van der Waals surface area contributed by atoms with Crippen LogP contribution in [0.2, 0.25) is 5.02 Å². The Hall–Kier alpha value is -2.47. The van der Waals surface area contributed by atoms with E-state index < -0.39 is 21.2 Å². The lowest BCUT2D eigenvalue weighted by molar-refractivity contribution is 0.00142. The van der Waals surface area contributed by atoms with Gasteiger partial charge in [0, 0.05) is 32.2 Å². The molecule has 3 rings (SSSR count). The first-order valence-electron chi connectivity index (χ1n) is 10.4. The molecule has 12 heteroatoms. The van der Waals surface area contributed by atoms with Crippen LogP contribution in [0.1, 0.15) is 38.5 Å². The number of pyridine rings is 1. The molecule has 3 heterocycles. The number of nitrogens with zero attached hydrogens (tertiary/aromatic N) is 6. The Balaban J connectivity index is 1.93. The molecular weight excluding hydrogens is 468 g/mol. The maximum absolute atomic E-state index is 13.4. The van der Waals surface area contributed by atoms with E-state index in [1.54, 1.807) is 36.9 Å². The van der Waals surface area contributed by atoms with Crippen LogP contribution >= 0.6 is 11.6 Å². The Bertz CT molecular complexity index is 1140. The van der Waals surface area contributed by atoms with Crippen LogP contribution in [0.3, 0.4) is 0 Å². The van der Waals surface area contributed by atoms with Crippen molar-refractivity contribution in [3.63, 3.8) is 0 Å². The van der Waals surface area contributed by atoms with Crippen LogP contribution in [0.15, 0.2) is 36.8 Å². The standard InChI is InChI=1S/C21H27ClN6O4S/c1-14(2)32-19(20-24-11-16(22)12-25-20)15(3)33(29,30)13-18-26-27-21(28(18)9-10-31-4)17-7-5-6-8-23-17/h5-8,11-12,14-15,19H,9-10,13H2,1-4H3/t15-,19+/m0/s1. The minimum Gasteiger partial charge on any atom is -0.383 e. The molecule has 2 atom stereocenters. The van der Waals surface area contributed by atoms with Crippen molar-refractivity contribution in [3.8, 4) is 11.5 Å². The molecule has 0 saturated carbocycles. The second-order valence-electron chi connectivity index (χ2n) is 7.68. The summed E-state index contributed by atoms with van der Waals surface area (Å²) in [6.45, 7) is 5.96. The predicted octanol–water partition coefficient (Wildman–Crippen LogP) is 2.90. The second kappa shape index (κ2) is 11.1. The van der Waals surface area contributed by atoms with E-state index in [0.29, 0.717) is 35.5 Å². The summed E-state index contributed by atoms with van der Waals surface area (Å²) < 4.78 is 39.7. The normalized spacial score (nSPS) is 13.9. The molecule has 0 aliphatic rings. The largest absolute Gasteiger partial charge is 0.383 e. The lowest BCUT2D eigenvalue weighted by Crippen LogP contribution is -2.32. The van der Waals surface area contributed by atoms with Gasteiger partial charge in [0.1, 0.15) is 23.4 Å². The third kappa shape index (κ3) is 6.32. The molecule has 3 aromatic rings. The highest BCUT2D eigenvalue weighted by Crippen LogP contribution is 2.28. The van der Waals surface area contributed by atoms with Gasteiger partial charge in [-0.25, -0.2) is 18.4 Å². The summed E-state index contributed by atoms with van der Waals surface area (Å²) in [5.74, 6) is 0.670. The molecule has 0 fully saturated rings. The van der Waals surface area contributed by atoms with Gasteiger partial charge >= 0.3 is 0 Å². The zero-order valence-electron chi connectivity index (χ0n) is 18.9. The van der Waals surface area contributed by atoms with Crippen LogP contribution in [-0.4, -0.2) is 63.2 Å². The Morgan fingerprint density at radius 3 is 2.42 bits per heavy atom. The highest BCUT2D eigenvalue weighted by molar-refractivity contribution is 7.91. The van der Waals surface area contributed by atoms with Crippen LogP contribution in [0, 0.1) is 0 Å². The van der Waals surface area contributed by atoms with Crippen molar-refractivity contribution in [2.45, 2.75) is 50.5 Å². The molecule has 178 valence electrons. The SMILES string of the molecule is COCCn1c(CS(=O)(=O)[C@@H](C)[C@@H](OC(C)C)c2ncc(Cl)cn2)nnc1-c1ccccn1. The Morgan fingerprint density at radius 2 is 1.82 bits per heavy atom. The average molecular weight is 495 g/mol. The first-order chi connectivity index (χ1) is 15.7. The van der Waals surface area contributed by atoms with Crippen LogP contribution in [-0.2, 0) is 31.6 Å². The number of sulfone groups is 1. The van der Waals surface area contributed by atoms with E-state index in [1.165, 1.54) is 12.4 Å². The molecule has 0 aliphatic carbocycles. The van der Waals surface area contributed by atoms with Gasteiger partial charge in [-0.2, -0.15) is 0 Å². The van der Waals surface area contributed by atoms with Gasteiger partial charge in [0.2, 0.25) is 0 Å². The first kappa shape index (κ1) is 25.2. The van der Waals surface area contributed by atoms with Gasteiger partial charge in [-0.05, 0) is 32.9 Å². The van der Waals surface area contributed by atoms with Crippen molar-refractivity contribution in [1.29, 1.82) is 0 Å². The van der Waals surface area contributed by atoms with E-state index in [-0.39, 0.29) is 17.7 Å². The molecular formula is C21H27ClN6O4S. The highest BCUT2D eigenvalue weighted by Gasteiger charge is 2.35. The summed E-state index contributed by atoms with van der Waals surface area (Å²) in [5, 5.41) is 7.77. The topological polar surface area (TPSA) is 122 Å². The smallest absolute Gasteiger partial charge is 0.182 e. The summed E-state index contributed by atoms with van der Waals surface area (Å²) in [6.07, 6.45) is 3.36. The number of rotatable bonds is 11. The summed E-state index contributed by atoms with van der Waals surface area (Å²) in [4.78, 5) is 12.7. The lowest BCUT2D eigenvalue weighted by atomic mass is 10.2. The zero-order chi connectivity index (χ0) is 24.0. The van der Waals surface area contributed by atoms with Gasteiger partial charge in [0.15, 0.2) is 21.5 Å². The average Bonchev–Trinajstić information content (AvgIpc) is 3.18. The molecule has 0 amide bonds.